The lowest BCUT2D eigenvalue weighted by atomic mass is 9.91. The van der Waals surface area contributed by atoms with Gasteiger partial charge < -0.3 is 20.7 Å². The molecule has 2 heterocycles. The highest BCUT2D eigenvalue weighted by Gasteiger charge is 2.55. The SMILES string of the molecule is Cc1nc(NC23CCC(NC(=O)OC(C)(C)C)(CC2)C3)nc2ccc(-c3cccc4c3CNC4=O)c(F)c12. The zero-order valence-corrected chi connectivity index (χ0v) is 22.1. The van der Waals surface area contributed by atoms with Crippen molar-refractivity contribution in [3.05, 3.63) is 53.0 Å². The first-order chi connectivity index (χ1) is 18.0. The number of ether oxygens (including phenoxy) is 1. The van der Waals surface area contributed by atoms with Gasteiger partial charge in [0.05, 0.1) is 16.6 Å². The number of aryl methyl sites for hydroxylation is 1. The van der Waals surface area contributed by atoms with E-state index in [0.717, 1.165) is 37.7 Å². The molecule has 2 bridgehead atoms. The minimum Gasteiger partial charge on any atom is -0.444 e. The van der Waals surface area contributed by atoms with Crippen molar-refractivity contribution in [1.82, 2.24) is 20.6 Å². The number of carbonyl (C=O) groups is 2. The van der Waals surface area contributed by atoms with Crippen molar-refractivity contribution >= 4 is 28.9 Å². The van der Waals surface area contributed by atoms with Gasteiger partial charge in [0.2, 0.25) is 5.95 Å². The van der Waals surface area contributed by atoms with Crippen molar-refractivity contribution in [3.8, 4) is 11.1 Å². The highest BCUT2D eigenvalue weighted by molar-refractivity contribution is 6.01. The maximum Gasteiger partial charge on any atom is 0.408 e. The number of fused-ring (bicyclic) bond motifs is 4. The molecule has 0 radical (unpaired) electrons. The Hall–Kier alpha value is -3.75. The third-order valence-electron chi connectivity index (χ3n) is 8.10. The van der Waals surface area contributed by atoms with Crippen LogP contribution in [-0.4, -0.2) is 38.6 Å². The molecule has 3 N–H and O–H groups in total. The molecule has 38 heavy (non-hydrogen) atoms. The van der Waals surface area contributed by atoms with E-state index in [1.807, 2.05) is 32.9 Å². The first-order valence-electron chi connectivity index (χ1n) is 13.1. The Morgan fingerprint density at radius 2 is 1.74 bits per heavy atom. The van der Waals surface area contributed by atoms with Crippen LogP contribution in [0.3, 0.4) is 0 Å². The van der Waals surface area contributed by atoms with Crippen LogP contribution in [0.25, 0.3) is 22.0 Å². The molecule has 9 heteroatoms. The molecule has 0 saturated heterocycles. The fraction of sp³-hybridized carbons (Fsp3) is 0.448. The average Bonchev–Trinajstić information content (AvgIpc) is 3.49. The van der Waals surface area contributed by atoms with Crippen molar-refractivity contribution in [3.63, 3.8) is 0 Å². The molecule has 6 rings (SSSR count). The Labute approximate surface area is 220 Å². The highest BCUT2D eigenvalue weighted by atomic mass is 19.1. The number of alkyl carbamates (subject to hydrolysis) is 1. The maximum atomic E-state index is 15.9. The van der Waals surface area contributed by atoms with Gasteiger partial charge in [-0.05, 0) is 89.1 Å². The zero-order valence-electron chi connectivity index (χ0n) is 22.1. The summed E-state index contributed by atoms with van der Waals surface area (Å²) in [5.41, 5.74) is 2.52. The van der Waals surface area contributed by atoms with Crippen LogP contribution in [0.5, 0.6) is 0 Å². The average molecular weight is 518 g/mol. The lowest BCUT2D eigenvalue weighted by Crippen LogP contribution is -2.47. The normalized spacial score (nSPS) is 23.9. The number of nitrogens with one attached hydrogen (secondary N) is 3. The minimum atomic E-state index is -0.548. The van der Waals surface area contributed by atoms with Gasteiger partial charge >= 0.3 is 6.09 Å². The van der Waals surface area contributed by atoms with Crippen LogP contribution in [-0.2, 0) is 11.3 Å². The first kappa shape index (κ1) is 24.6. The summed E-state index contributed by atoms with van der Waals surface area (Å²) >= 11 is 0. The topological polar surface area (TPSA) is 105 Å². The number of anilines is 1. The molecule has 0 unspecified atom stereocenters. The van der Waals surface area contributed by atoms with Gasteiger partial charge in [-0.15, -0.1) is 0 Å². The van der Waals surface area contributed by atoms with Crippen LogP contribution in [0.4, 0.5) is 15.1 Å². The van der Waals surface area contributed by atoms with E-state index in [2.05, 4.69) is 25.9 Å². The van der Waals surface area contributed by atoms with Crippen molar-refractivity contribution in [1.29, 1.82) is 0 Å². The van der Waals surface area contributed by atoms with Crippen LogP contribution in [0.15, 0.2) is 30.3 Å². The van der Waals surface area contributed by atoms with Gasteiger partial charge in [-0.1, -0.05) is 12.1 Å². The third-order valence-corrected chi connectivity index (χ3v) is 8.10. The van der Waals surface area contributed by atoms with Crippen molar-refractivity contribution in [2.75, 3.05) is 5.32 Å². The summed E-state index contributed by atoms with van der Waals surface area (Å²) in [4.78, 5) is 33.9. The van der Waals surface area contributed by atoms with Gasteiger partial charge in [0.15, 0.2) is 0 Å². The molecule has 1 aromatic heterocycles. The molecule has 0 atom stereocenters. The summed E-state index contributed by atoms with van der Waals surface area (Å²) in [5.74, 6) is -0.0610. The number of hydrogen-bond donors (Lipinski definition) is 3. The smallest absolute Gasteiger partial charge is 0.408 e. The number of halogens is 1. The molecule has 198 valence electrons. The second-order valence-corrected chi connectivity index (χ2v) is 12.0. The fourth-order valence-corrected chi connectivity index (χ4v) is 6.43. The number of amides is 2. The van der Waals surface area contributed by atoms with E-state index in [-0.39, 0.29) is 28.9 Å². The standard InChI is InChI=1S/C29H32FN5O3/c1-16-22-21(9-8-18(23(22)30)17-6-5-7-19-20(17)14-31-24(19)36)33-25(32-16)34-28-10-12-29(15-28,13-11-28)35-26(37)38-27(2,3)4/h5-9H,10-15H2,1-4H3,(H,31,36)(H,35,37)(H,32,33,34). The molecule has 8 nitrogen and oxygen atoms in total. The van der Waals surface area contributed by atoms with E-state index < -0.39 is 5.60 Å². The number of aromatic nitrogens is 2. The summed E-state index contributed by atoms with van der Waals surface area (Å²) in [5, 5.41) is 9.86. The molecule has 1 aliphatic heterocycles. The lowest BCUT2D eigenvalue weighted by molar-refractivity contribution is 0.0458. The fourth-order valence-electron chi connectivity index (χ4n) is 6.43. The van der Waals surface area contributed by atoms with Crippen molar-refractivity contribution < 1.29 is 18.7 Å². The molecule has 2 amide bonds. The second-order valence-electron chi connectivity index (χ2n) is 12.0. The Bertz CT molecular complexity index is 1490. The quantitative estimate of drug-likeness (QED) is 0.429. The molecular formula is C29H32FN5O3. The largest absolute Gasteiger partial charge is 0.444 e. The minimum absolute atomic E-state index is 0.137. The number of rotatable bonds is 4. The van der Waals surface area contributed by atoms with Gasteiger partial charge in [-0.2, -0.15) is 0 Å². The summed E-state index contributed by atoms with van der Waals surface area (Å²) < 4.78 is 21.4. The van der Waals surface area contributed by atoms with E-state index in [0.29, 0.717) is 45.8 Å². The summed E-state index contributed by atoms with van der Waals surface area (Å²) in [6.07, 6.45) is 3.83. The van der Waals surface area contributed by atoms with Gasteiger partial charge in [-0.3, -0.25) is 4.79 Å². The zero-order chi connectivity index (χ0) is 26.9. The Kier molecular flexibility index (Phi) is 5.42. The maximum absolute atomic E-state index is 15.9. The summed E-state index contributed by atoms with van der Waals surface area (Å²) in [6, 6.07) is 8.92. The monoisotopic (exact) mass is 517 g/mol. The van der Waals surface area contributed by atoms with Crippen LogP contribution in [0.2, 0.25) is 0 Å². The molecule has 3 aromatic rings. The van der Waals surface area contributed by atoms with E-state index in [9.17, 15) is 9.59 Å². The van der Waals surface area contributed by atoms with E-state index in [4.69, 9.17) is 4.74 Å². The highest BCUT2D eigenvalue weighted by Crippen LogP contribution is 2.52. The van der Waals surface area contributed by atoms with Crippen LogP contribution < -0.4 is 16.0 Å². The first-order valence-corrected chi connectivity index (χ1v) is 13.1. The molecular weight excluding hydrogens is 485 g/mol. The van der Waals surface area contributed by atoms with Gasteiger partial charge in [0, 0.05) is 28.7 Å². The Balaban J connectivity index is 1.26. The van der Waals surface area contributed by atoms with Crippen molar-refractivity contribution in [2.45, 2.75) is 83.0 Å². The number of nitrogens with zero attached hydrogens (tertiary/aromatic N) is 2. The molecule has 2 aromatic carbocycles. The number of carbonyl (C=O) groups excluding carboxylic acids is 2. The predicted molar refractivity (Wildman–Crippen MR) is 142 cm³/mol. The Morgan fingerprint density at radius 3 is 2.47 bits per heavy atom. The molecule has 3 aliphatic rings. The van der Waals surface area contributed by atoms with E-state index >= 15 is 4.39 Å². The molecule has 2 saturated carbocycles. The van der Waals surface area contributed by atoms with Gasteiger partial charge in [0.25, 0.3) is 5.91 Å². The van der Waals surface area contributed by atoms with Crippen LogP contribution in [0.1, 0.15) is 74.5 Å². The number of hydrogen-bond acceptors (Lipinski definition) is 6. The number of benzene rings is 2. The van der Waals surface area contributed by atoms with Crippen molar-refractivity contribution in [2.24, 2.45) is 0 Å². The van der Waals surface area contributed by atoms with E-state index in [1.54, 1.807) is 25.1 Å². The summed E-state index contributed by atoms with van der Waals surface area (Å²) in [7, 11) is 0. The second kappa shape index (κ2) is 8.38. The third kappa shape index (κ3) is 4.14. The molecule has 2 aliphatic carbocycles. The van der Waals surface area contributed by atoms with E-state index in [1.165, 1.54) is 0 Å². The van der Waals surface area contributed by atoms with Gasteiger partial charge in [-0.25, -0.2) is 19.2 Å². The van der Waals surface area contributed by atoms with Crippen LogP contribution >= 0.6 is 0 Å². The molecule has 0 spiro atoms. The Morgan fingerprint density at radius 1 is 1.03 bits per heavy atom. The predicted octanol–water partition coefficient (Wildman–Crippen LogP) is 5.38. The molecule has 2 fully saturated rings. The van der Waals surface area contributed by atoms with Crippen LogP contribution in [0, 0.1) is 12.7 Å². The lowest BCUT2D eigenvalue weighted by Gasteiger charge is -2.30. The summed E-state index contributed by atoms with van der Waals surface area (Å²) in [6.45, 7) is 7.74. The van der Waals surface area contributed by atoms with Gasteiger partial charge in [0.1, 0.15) is 11.4 Å².